The highest BCUT2D eigenvalue weighted by atomic mass is 16.5. The molecule has 0 bridgehead atoms. The maximum absolute atomic E-state index is 12.0. The van der Waals surface area contributed by atoms with Gasteiger partial charge in [-0.25, -0.2) is 4.68 Å². The van der Waals surface area contributed by atoms with Gasteiger partial charge >= 0.3 is 0 Å². The van der Waals surface area contributed by atoms with E-state index in [4.69, 9.17) is 9.47 Å². The van der Waals surface area contributed by atoms with Gasteiger partial charge in [-0.2, -0.15) is 0 Å². The number of aromatic amines is 1. The highest BCUT2D eigenvalue weighted by Crippen LogP contribution is 2.22. The average molecular weight is 284 g/mol. The molecule has 0 radical (unpaired) electrons. The minimum atomic E-state index is -0.328. The predicted octanol–water partition coefficient (Wildman–Crippen LogP) is 2.94. The van der Waals surface area contributed by atoms with E-state index in [1.165, 1.54) is 0 Å². The van der Waals surface area contributed by atoms with Gasteiger partial charge in [0, 0.05) is 0 Å². The molecule has 3 aromatic rings. The van der Waals surface area contributed by atoms with Gasteiger partial charge in [0.25, 0.3) is 5.56 Å². The van der Waals surface area contributed by atoms with Gasteiger partial charge in [0.05, 0.1) is 18.0 Å². The van der Waals surface area contributed by atoms with Crippen LogP contribution < -0.4 is 15.0 Å². The molecule has 108 valence electrons. The number of aromatic nitrogens is 2. The molecule has 1 aromatic heterocycles. The number of ether oxygens (including phenoxy) is 2. The van der Waals surface area contributed by atoms with Crippen molar-refractivity contribution in [3.8, 4) is 11.5 Å². The summed E-state index contributed by atoms with van der Waals surface area (Å²) in [7, 11) is 1.58. The van der Waals surface area contributed by atoms with Crippen LogP contribution in [0.3, 0.4) is 0 Å². The van der Waals surface area contributed by atoms with Crippen LogP contribution in [0.5, 0.6) is 11.5 Å². The summed E-state index contributed by atoms with van der Waals surface area (Å²) >= 11 is 0. The SMILES string of the molecule is COc1ccc2c(c1)c(=O)[nH]n2C(C)Oc1ccccc1. The Hall–Kier alpha value is -2.69. The van der Waals surface area contributed by atoms with E-state index in [2.05, 4.69) is 5.10 Å². The molecule has 0 aliphatic rings. The number of rotatable bonds is 4. The zero-order chi connectivity index (χ0) is 14.8. The van der Waals surface area contributed by atoms with Crippen LogP contribution in [0.15, 0.2) is 53.3 Å². The van der Waals surface area contributed by atoms with Crippen molar-refractivity contribution in [1.29, 1.82) is 0 Å². The van der Waals surface area contributed by atoms with E-state index in [9.17, 15) is 4.79 Å². The smallest absolute Gasteiger partial charge is 0.272 e. The minimum Gasteiger partial charge on any atom is -0.497 e. The third-order valence-electron chi connectivity index (χ3n) is 3.34. The number of para-hydroxylation sites is 1. The first-order chi connectivity index (χ1) is 10.2. The van der Waals surface area contributed by atoms with Crippen molar-refractivity contribution < 1.29 is 9.47 Å². The monoisotopic (exact) mass is 284 g/mol. The predicted molar refractivity (Wildman–Crippen MR) is 80.9 cm³/mol. The highest BCUT2D eigenvalue weighted by Gasteiger charge is 2.13. The highest BCUT2D eigenvalue weighted by molar-refractivity contribution is 5.80. The lowest BCUT2D eigenvalue weighted by atomic mass is 10.2. The number of hydrogen-bond acceptors (Lipinski definition) is 3. The Labute approximate surface area is 121 Å². The van der Waals surface area contributed by atoms with Crippen LogP contribution in [-0.2, 0) is 0 Å². The second-order valence-electron chi connectivity index (χ2n) is 4.72. The lowest BCUT2D eigenvalue weighted by molar-refractivity contribution is 0.142. The summed E-state index contributed by atoms with van der Waals surface area (Å²) < 4.78 is 12.7. The first-order valence-corrected chi connectivity index (χ1v) is 6.69. The fourth-order valence-corrected chi connectivity index (χ4v) is 2.30. The summed E-state index contributed by atoms with van der Waals surface area (Å²) in [6, 6.07) is 14.9. The van der Waals surface area contributed by atoms with Crippen molar-refractivity contribution in [2.45, 2.75) is 13.2 Å². The third-order valence-corrected chi connectivity index (χ3v) is 3.34. The number of hydrogen-bond donors (Lipinski definition) is 1. The number of fused-ring (bicyclic) bond motifs is 1. The molecule has 1 unspecified atom stereocenters. The molecule has 0 saturated carbocycles. The van der Waals surface area contributed by atoms with Crippen LogP contribution in [0.1, 0.15) is 13.2 Å². The molecule has 0 saturated heterocycles. The largest absolute Gasteiger partial charge is 0.497 e. The molecule has 1 atom stereocenters. The van der Waals surface area contributed by atoms with Crippen molar-refractivity contribution in [2.24, 2.45) is 0 Å². The van der Waals surface area contributed by atoms with Gasteiger partial charge in [-0.15, -0.1) is 0 Å². The second kappa shape index (κ2) is 5.36. The van der Waals surface area contributed by atoms with E-state index in [1.54, 1.807) is 17.9 Å². The number of nitrogens with one attached hydrogen (secondary N) is 1. The van der Waals surface area contributed by atoms with Crippen LogP contribution in [0.25, 0.3) is 10.9 Å². The molecule has 5 heteroatoms. The van der Waals surface area contributed by atoms with E-state index in [-0.39, 0.29) is 11.8 Å². The van der Waals surface area contributed by atoms with Crippen molar-refractivity contribution in [3.63, 3.8) is 0 Å². The maximum atomic E-state index is 12.0. The average Bonchev–Trinajstić information content (AvgIpc) is 2.85. The Kier molecular flexibility index (Phi) is 3.39. The van der Waals surface area contributed by atoms with Crippen LogP contribution in [0.4, 0.5) is 0 Å². The lowest BCUT2D eigenvalue weighted by Crippen LogP contribution is -2.15. The molecule has 5 nitrogen and oxygen atoms in total. The van der Waals surface area contributed by atoms with Crippen LogP contribution >= 0.6 is 0 Å². The quantitative estimate of drug-likeness (QED) is 0.801. The Bertz CT molecular complexity index is 805. The van der Waals surface area contributed by atoms with Crippen LogP contribution in [0, 0.1) is 0 Å². The number of H-pyrrole nitrogens is 1. The fraction of sp³-hybridized carbons (Fsp3) is 0.188. The zero-order valence-electron chi connectivity index (χ0n) is 11.9. The summed E-state index contributed by atoms with van der Waals surface area (Å²) in [5.74, 6) is 1.41. The normalized spacial score (nSPS) is 12.3. The molecule has 3 rings (SSSR count). The number of methoxy groups -OCH3 is 1. The Morgan fingerprint density at radius 2 is 1.86 bits per heavy atom. The van der Waals surface area contributed by atoms with Crippen molar-refractivity contribution in [3.05, 3.63) is 58.9 Å². The Morgan fingerprint density at radius 1 is 1.10 bits per heavy atom. The topological polar surface area (TPSA) is 56.2 Å². The van der Waals surface area contributed by atoms with Gasteiger partial charge in [-0.3, -0.25) is 9.89 Å². The summed E-state index contributed by atoms with van der Waals surface area (Å²) in [4.78, 5) is 12.0. The summed E-state index contributed by atoms with van der Waals surface area (Å²) in [5, 5.41) is 3.39. The number of nitrogens with zero attached hydrogens (tertiary/aromatic N) is 1. The van der Waals surface area contributed by atoms with E-state index in [0.29, 0.717) is 11.1 Å². The van der Waals surface area contributed by atoms with Gasteiger partial charge in [0.1, 0.15) is 11.5 Å². The van der Waals surface area contributed by atoms with Gasteiger partial charge in [0.15, 0.2) is 6.23 Å². The summed E-state index contributed by atoms with van der Waals surface area (Å²) in [6.45, 7) is 1.88. The van der Waals surface area contributed by atoms with Crippen LogP contribution in [-0.4, -0.2) is 16.9 Å². The Balaban J connectivity index is 1.98. The van der Waals surface area contributed by atoms with Gasteiger partial charge in [0.2, 0.25) is 0 Å². The molecule has 0 aliphatic heterocycles. The third kappa shape index (κ3) is 2.50. The molecule has 0 aliphatic carbocycles. The molecular weight excluding hydrogens is 268 g/mol. The van der Waals surface area contributed by atoms with Crippen molar-refractivity contribution in [2.75, 3.05) is 7.11 Å². The molecule has 1 N–H and O–H groups in total. The molecule has 0 spiro atoms. The molecule has 2 aromatic carbocycles. The standard InChI is InChI=1S/C16H16N2O3/c1-11(21-12-6-4-3-5-7-12)18-15-9-8-13(20-2)10-14(15)16(19)17-18/h3-11H,1-2H3,(H,17,19). The molecule has 0 fully saturated rings. The first kappa shape index (κ1) is 13.3. The van der Waals surface area contributed by atoms with Crippen molar-refractivity contribution in [1.82, 2.24) is 9.78 Å². The van der Waals surface area contributed by atoms with E-state index in [0.717, 1.165) is 11.3 Å². The minimum absolute atomic E-state index is 0.160. The van der Waals surface area contributed by atoms with E-state index < -0.39 is 0 Å². The van der Waals surface area contributed by atoms with Gasteiger partial charge in [-0.05, 0) is 37.3 Å². The summed E-state index contributed by atoms with van der Waals surface area (Å²) in [6.07, 6.45) is -0.328. The van der Waals surface area contributed by atoms with E-state index >= 15 is 0 Å². The van der Waals surface area contributed by atoms with Gasteiger partial charge in [-0.1, -0.05) is 18.2 Å². The van der Waals surface area contributed by atoms with Crippen molar-refractivity contribution >= 4 is 10.9 Å². The number of benzene rings is 2. The molecule has 1 heterocycles. The van der Waals surface area contributed by atoms with Crippen LogP contribution in [0.2, 0.25) is 0 Å². The zero-order valence-corrected chi connectivity index (χ0v) is 11.9. The lowest BCUT2D eigenvalue weighted by Gasteiger charge is -2.16. The molecular formula is C16H16N2O3. The fourth-order valence-electron chi connectivity index (χ4n) is 2.30. The summed E-state index contributed by atoms with van der Waals surface area (Å²) in [5.41, 5.74) is 0.622. The Morgan fingerprint density at radius 3 is 2.57 bits per heavy atom. The first-order valence-electron chi connectivity index (χ1n) is 6.69. The molecule has 21 heavy (non-hydrogen) atoms. The second-order valence-corrected chi connectivity index (χ2v) is 4.72. The van der Waals surface area contributed by atoms with Gasteiger partial charge < -0.3 is 9.47 Å². The van der Waals surface area contributed by atoms with E-state index in [1.807, 2.05) is 49.4 Å². The molecule has 0 amide bonds. The maximum Gasteiger partial charge on any atom is 0.272 e.